The van der Waals surface area contributed by atoms with Crippen LogP contribution in [0.4, 0.5) is 16.3 Å². The number of halogens is 1. The summed E-state index contributed by atoms with van der Waals surface area (Å²) in [5.74, 6) is 0.887. The number of aromatic nitrogens is 1. The van der Waals surface area contributed by atoms with Crippen LogP contribution in [0.3, 0.4) is 0 Å². The van der Waals surface area contributed by atoms with E-state index in [1.165, 1.54) is 0 Å². The molecule has 0 unspecified atom stereocenters. The van der Waals surface area contributed by atoms with Crippen LogP contribution in [0.25, 0.3) is 0 Å². The van der Waals surface area contributed by atoms with Crippen LogP contribution in [0.1, 0.15) is 51.9 Å². The van der Waals surface area contributed by atoms with Gasteiger partial charge in [0, 0.05) is 25.7 Å². The third-order valence-electron chi connectivity index (χ3n) is 6.87. The number of aliphatic hydroxyl groups excluding tert-OH is 1. The summed E-state index contributed by atoms with van der Waals surface area (Å²) in [6.45, 7) is 4.21. The number of rotatable bonds is 4. The quantitative estimate of drug-likeness (QED) is 0.729. The van der Waals surface area contributed by atoms with Crippen molar-refractivity contribution in [2.75, 3.05) is 36.5 Å². The Balaban J connectivity index is 1.45. The molecule has 2 saturated heterocycles. The molecule has 3 fully saturated rings. The van der Waals surface area contributed by atoms with Crippen molar-refractivity contribution in [1.82, 2.24) is 9.88 Å². The Labute approximate surface area is 187 Å². The summed E-state index contributed by atoms with van der Waals surface area (Å²) in [6.07, 6.45) is 6.76. The number of aliphatic hydroxyl groups is 1. The van der Waals surface area contributed by atoms with Gasteiger partial charge in [-0.15, -0.1) is 0 Å². The third kappa shape index (κ3) is 4.60. The summed E-state index contributed by atoms with van der Waals surface area (Å²) in [7, 11) is 0. The lowest BCUT2D eigenvalue weighted by Gasteiger charge is -2.41. The number of hydrogen-bond acceptors (Lipinski definition) is 6. The van der Waals surface area contributed by atoms with Crippen molar-refractivity contribution in [3.05, 3.63) is 17.3 Å². The van der Waals surface area contributed by atoms with Crippen LogP contribution >= 0.6 is 11.6 Å². The molecule has 1 saturated carbocycles. The molecule has 1 spiro atoms. The van der Waals surface area contributed by atoms with Crippen molar-refractivity contribution >= 4 is 35.1 Å². The molecule has 0 aromatic carbocycles. The van der Waals surface area contributed by atoms with Crippen LogP contribution < -0.4 is 10.2 Å². The van der Waals surface area contributed by atoms with Crippen molar-refractivity contribution in [3.8, 4) is 0 Å². The normalized spacial score (nSPS) is 28.8. The van der Waals surface area contributed by atoms with Crippen molar-refractivity contribution in [2.45, 2.75) is 64.0 Å². The van der Waals surface area contributed by atoms with Crippen molar-refractivity contribution in [2.24, 2.45) is 5.41 Å². The minimum atomic E-state index is -0.545. The van der Waals surface area contributed by atoms with Crippen LogP contribution in [0, 0.1) is 5.41 Å². The van der Waals surface area contributed by atoms with Gasteiger partial charge in [0.25, 0.3) is 0 Å². The predicted molar refractivity (Wildman–Crippen MR) is 118 cm³/mol. The molecule has 0 radical (unpaired) electrons. The first-order chi connectivity index (χ1) is 14.9. The molecule has 8 nitrogen and oxygen atoms in total. The molecule has 2 amide bonds. The van der Waals surface area contributed by atoms with E-state index in [2.05, 4.69) is 20.1 Å². The van der Waals surface area contributed by atoms with Crippen LogP contribution in [0.15, 0.2) is 12.3 Å². The average Bonchev–Trinajstić information content (AvgIpc) is 3.04. The first-order valence-corrected chi connectivity index (χ1v) is 11.6. The maximum Gasteiger partial charge on any atom is 0.411 e. The zero-order valence-corrected chi connectivity index (χ0v) is 18.7. The maximum atomic E-state index is 13.5. The van der Waals surface area contributed by atoms with E-state index < -0.39 is 6.09 Å². The van der Waals surface area contributed by atoms with Gasteiger partial charge in [-0.25, -0.2) is 9.78 Å². The van der Waals surface area contributed by atoms with Gasteiger partial charge in [-0.3, -0.25) is 10.1 Å². The lowest BCUT2D eigenvalue weighted by molar-refractivity contribution is -0.139. The Morgan fingerprint density at radius 3 is 2.81 bits per heavy atom. The lowest BCUT2D eigenvalue weighted by atomic mass is 9.78. The molecule has 170 valence electrons. The van der Waals surface area contributed by atoms with Crippen LogP contribution in [0.5, 0.6) is 0 Å². The van der Waals surface area contributed by atoms with E-state index >= 15 is 0 Å². The molecular formula is C22H31ClN4O4. The molecule has 31 heavy (non-hydrogen) atoms. The van der Waals surface area contributed by atoms with Crippen molar-refractivity contribution in [1.29, 1.82) is 0 Å². The molecule has 1 aromatic heterocycles. The minimum Gasteiger partial charge on any atom is -0.450 e. The van der Waals surface area contributed by atoms with E-state index in [-0.39, 0.29) is 30.1 Å². The number of piperidine rings is 1. The van der Waals surface area contributed by atoms with Gasteiger partial charge in [0.1, 0.15) is 5.82 Å². The Bertz CT molecular complexity index is 830. The zero-order chi connectivity index (χ0) is 22.0. The zero-order valence-electron chi connectivity index (χ0n) is 18.0. The van der Waals surface area contributed by atoms with Gasteiger partial charge in [0.2, 0.25) is 5.91 Å². The van der Waals surface area contributed by atoms with Crippen molar-refractivity contribution in [3.63, 3.8) is 0 Å². The third-order valence-corrected chi connectivity index (χ3v) is 7.15. The molecule has 1 aromatic rings. The molecule has 1 aliphatic carbocycles. The number of carbonyl (C=O) groups is 2. The molecule has 3 heterocycles. The van der Waals surface area contributed by atoms with Gasteiger partial charge in [0.15, 0.2) is 0 Å². The van der Waals surface area contributed by atoms with E-state index in [0.29, 0.717) is 23.1 Å². The highest BCUT2D eigenvalue weighted by Gasteiger charge is 2.51. The molecular weight excluding hydrogens is 420 g/mol. The minimum absolute atomic E-state index is 0.220. The van der Waals surface area contributed by atoms with Crippen molar-refractivity contribution < 1.29 is 19.4 Å². The highest BCUT2D eigenvalue weighted by Crippen LogP contribution is 2.44. The topological polar surface area (TPSA) is 95.0 Å². The number of likely N-dealkylation sites (tertiary alicyclic amines) is 1. The Kier molecular flexibility index (Phi) is 6.57. The number of nitrogens with one attached hydrogen (secondary N) is 1. The van der Waals surface area contributed by atoms with Crippen LogP contribution in [-0.4, -0.2) is 65.4 Å². The number of anilines is 2. The number of amides is 2. The Hall–Kier alpha value is -2.06. The van der Waals surface area contributed by atoms with E-state index in [0.717, 1.165) is 58.0 Å². The van der Waals surface area contributed by atoms with Gasteiger partial charge in [-0.05, 0) is 57.9 Å². The van der Waals surface area contributed by atoms with E-state index in [9.17, 15) is 14.7 Å². The summed E-state index contributed by atoms with van der Waals surface area (Å²) in [5.41, 5.74) is 0.0859. The first-order valence-electron chi connectivity index (χ1n) is 11.3. The monoisotopic (exact) mass is 450 g/mol. The fourth-order valence-corrected chi connectivity index (χ4v) is 5.56. The highest BCUT2D eigenvalue weighted by molar-refractivity contribution is 6.33. The number of nitrogens with zero attached hydrogens (tertiary/aromatic N) is 3. The fraction of sp³-hybridized carbons (Fsp3) is 0.682. The van der Waals surface area contributed by atoms with Gasteiger partial charge in [-0.1, -0.05) is 11.6 Å². The second kappa shape index (κ2) is 9.20. The van der Waals surface area contributed by atoms with Gasteiger partial charge >= 0.3 is 6.09 Å². The molecule has 3 aliphatic rings. The summed E-state index contributed by atoms with van der Waals surface area (Å²) < 4.78 is 4.89. The van der Waals surface area contributed by atoms with Gasteiger partial charge < -0.3 is 19.6 Å². The largest absolute Gasteiger partial charge is 0.450 e. The molecule has 2 N–H and O–H groups in total. The molecule has 9 heteroatoms. The van der Waals surface area contributed by atoms with Crippen LogP contribution in [0.2, 0.25) is 5.02 Å². The average molecular weight is 451 g/mol. The molecule has 0 bridgehead atoms. The van der Waals surface area contributed by atoms with Crippen LogP contribution in [-0.2, 0) is 9.53 Å². The summed E-state index contributed by atoms with van der Waals surface area (Å²) >= 11 is 6.50. The Morgan fingerprint density at radius 2 is 2.10 bits per heavy atom. The van der Waals surface area contributed by atoms with Gasteiger partial charge in [0.05, 0.1) is 35.0 Å². The number of carbonyl (C=O) groups excluding carboxylic acids is 2. The first kappa shape index (κ1) is 22.1. The second-order valence-corrected chi connectivity index (χ2v) is 9.30. The summed E-state index contributed by atoms with van der Waals surface area (Å²) in [5, 5.41) is 12.8. The number of hydrogen-bond donors (Lipinski definition) is 2. The Morgan fingerprint density at radius 1 is 1.32 bits per heavy atom. The summed E-state index contributed by atoms with van der Waals surface area (Å²) in [6, 6.07) is 1.92. The van der Waals surface area contributed by atoms with E-state index in [4.69, 9.17) is 16.3 Å². The number of pyridine rings is 1. The lowest BCUT2D eigenvalue weighted by Crippen LogP contribution is -2.50. The maximum absolute atomic E-state index is 13.5. The smallest absolute Gasteiger partial charge is 0.411 e. The fourth-order valence-electron chi connectivity index (χ4n) is 5.27. The molecule has 4 rings (SSSR count). The molecule has 1 atom stereocenters. The number of ether oxygens (including phenoxy) is 1. The predicted octanol–water partition coefficient (Wildman–Crippen LogP) is 3.43. The SMILES string of the molecule is CCOC(=O)Nc1cnc(N2CCC[C@@]3(CCN([C@H]4CC[C@@H](O)CC4)C3=O)C2)c(Cl)c1. The van der Waals surface area contributed by atoms with E-state index in [1.807, 2.05) is 0 Å². The summed E-state index contributed by atoms with van der Waals surface area (Å²) in [4.78, 5) is 33.8. The second-order valence-electron chi connectivity index (χ2n) is 8.89. The van der Waals surface area contributed by atoms with E-state index in [1.54, 1.807) is 19.2 Å². The molecule has 2 aliphatic heterocycles. The standard InChI is InChI=1S/C22H31ClN4O4/c1-2-31-21(30)25-15-12-18(23)19(24-13-15)26-10-3-8-22(14-26)9-11-27(20(22)29)16-4-6-17(28)7-5-16/h12-13,16-17,28H,2-11,14H2,1H3,(H,25,30)/t16-,17+,22-/m1/s1. The van der Waals surface area contributed by atoms with Gasteiger partial charge in [-0.2, -0.15) is 0 Å². The highest BCUT2D eigenvalue weighted by atomic mass is 35.5.